The molecular formula is C30H51N2O9P. The van der Waals surface area contributed by atoms with Crippen LogP contribution in [0.25, 0.3) is 0 Å². The Balaban J connectivity index is 4.03. The summed E-state index contributed by atoms with van der Waals surface area (Å²) in [5.74, 6) is -0.983. The van der Waals surface area contributed by atoms with Crippen LogP contribution in [0.15, 0.2) is 24.3 Å². The Morgan fingerprint density at radius 3 is 1.55 bits per heavy atom. The second-order valence-electron chi connectivity index (χ2n) is 13.2. The summed E-state index contributed by atoms with van der Waals surface area (Å²) >= 11 is 0. The highest BCUT2D eigenvalue weighted by molar-refractivity contribution is 7.55. The topological polar surface area (TPSA) is 143 Å². The van der Waals surface area contributed by atoms with E-state index in [0.717, 1.165) is 0 Å². The normalized spacial score (nSPS) is 14.9. The summed E-state index contributed by atoms with van der Waals surface area (Å²) in [5.41, 5.74) is -0.712. The highest BCUT2D eigenvalue weighted by Crippen LogP contribution is 2.67. The lowest BCUT2D eigenvalue weighted by Crippen LogP contribution is -2.52. The maximum Gasteiger partial charge on any atom is 0.409 e. The van der Waals surface area contributed by atoms with Crippen molar-refractivity contribution in [3.8, 4) is 5.75 Å². The van der Waals surface area contributed by atoms with E-state index in [4.69, 9.17) is 18.5 Å². The molecule has 0 unspecified atom stereocenters. The Morgan fingerprint density at radius 2 is 1.24 bits per heavy atom. The quantitative estimate of drug-likeness (QED) is 0.0731. The number of hydrogen-bond acceptors (Lipinski definition) is 9. The Morgan fingerprint density at radius 1 is 0.833 bits per heavy atom. The SMILES string of the molecule is CC(=O)Oc1ccc([C@@H](NC(=O)OC(C)(C)C)[C@@](C)([N+](=O)[O-])P(=O)(OC(C(C)C)C(C)C)OC(C(C)C)C(C)C)cc1. The standard InChI is InChI=1S/C30H51N2O9P/c1-18(2)25(19(3)4)40-42(37,41-26(20(5)6)21(7)8)30(13,32(35)36)27(31-28(34)39-29(10,11)12)23-14-16-24(17-15-23)38-22(9)33/h14-21,25-27H,1-13H3,(H,31,34)/t27-,30+/m1/s1. The molecule has 1 amide bonds. The Labute approximate surface area is 251 Å². The summed E-state index contributed by atoms with van der Waals surface area (Å²) in [6.45, 7) is 22.4. The summed E-state index contributed by atoms with van der Waals surface area (Å²) in [5, 5.41) is 13.3. The van der Waals surface area contributed by atoms with Gasteiger partial charge in [0.2, 0.25) is 0 Å². The zero-order valence-corrected chi connectivity index (χ0v) is 28.3. The van der Waals surface area contributed by atoms with Crippen molar-refractivity contribution in [3.63, 3.8) is 0 Å². The van der Waals surface area contributed by atoms with Crippen molar-refractivity contribution in [1.82, 2.24) is 5.32 Å². The molecule has 1 rings (SSSR count). The molecule has 0 spiro atoms. The van der Waals surface area contributed by atoms with E-state index < -0.39 is 53.7 Å². The molecule has 1 aromatic rings. The summed E-state index contributed by atoms with van der Waals surface area (Å²) < 4.78 is 38.5. The number of rotatable bonds is 14. The highest BCUT2D eigenvalue weighted by atomic mass is 31.2. The number of hydrogen-bond donors (Lipinski definition) is 1. The van der Waals surface area contributed by atoms with E-state index >= 15 is 4.57 Å². The summed E-state index contributed by atoms with van der Waals surface area (Å²) in [7, 11) is -4.74. The lowest BCUT2D eigenvalue weighted by atomic mass is 9.97. The Kier molecular flexibility index (Phi) is 13.2. The molecule has 1 aromatic carbocycles. The maximum absolute atomic E-state index is 15.3. The van der Waals surface area contributed by atoms with Gasteiger partial charge in [0.05, 0.1) is 12.2 Å². The Hall–Kier alpha value is -2.49. The van der Waals surface area contributed by atoms with Crippen LogP contribution < -0.4 is 10.1 Å². The van der Waals surface area contributed by atoms with Gasteiger partial charge in [0.1, 0.15) is 17.4 Å². The van der Waals surface area contributed by atoms with Gasteiger partial charge < -0.3 is 14.8 Å². The number of carbonyl (C=O) groups excluding carboxylic acids is 2. The van der Waals surface area contributed by atoms with Crippen LogP contribution in [-0.2, 0) is 23.1 Å². The van der Waals surface area contributed by atoms with Crippen LogP contribution in [0.3, 0.4) is 0 Å². The molecule has 0 saturated carbocycles. The van der Waals surface area contributed by atoms with Gasteiger partial charge in [-0.15, -0.1) is 0 Å². The predicted molar refractivity (Wildman–Crippen MR) is 162 cm³/mol. The van der Waals surface area contributed by atoms with Gasteiger partial charge >= 0.3 is 24.9 Å². The molecule has 1 N–H and O–H groups in total. The Bertz CT molecular complexity index is 1070. The third-order valence-corrected chi connectivity index (χ3v) is 9.33. The second kappa shape index (κ2) is 14.8. The number of nitrogens with one attached hydrogen (secondary N) is 1. The zero-order chi connectivity index (χ0) is 32.8. The minimum absolute atomic E-state index is 0.158. The van der Waals surface area contributed by atoms with Gasteiger partial charge in [0, 0.05) is 18.8 Å². The second-order valence-corrected chi connectivity index (χ2v) is 15.5. The third kappa shape index (κ3) is 9.78. The molecule has 0 bridgehead atoms. The lowest BCUT2D eigenvalue weighted by Gasteiger charge is -2.41. The molecule has 12 heteroatoms. The minimum atomic E-state index is -4.74. The first-order valence-electron chi connectivity index (χ1n) is 14.4. The molecule has 0 aliphatic heterocycles. The van der Waals surface area contributed by atoms with E-state index in [-0.39, 0.29) is 35.0 Å². The first-order valence-corrected chi connectivity index (χ1v) is 16.0. The van der Waals surface area contributed by atoms with E-state index in [2.05, 4.69) is 5.32 Å². The van der Waals surface area contributed by atoms with Crippen LogP contribution in [0, 0.1) is 33.8 Å². The third-order valence-electron chi connectivity index (χ3n) is 6.76. The molecule has 240 valence electrons. The van der Waals surface area contributed by atoms with Gasteiger partial charge in [-0.05, 0) is 62.1 Å². The molecule has 0 fully saturated rings. The minimum Gasteiger partial charge on any atom is -0.444 e. The smallest absolute Gasteiger partial charge is 0.409 e. The molecule has 0 radical (unpaired) electrons. The predicted octanol–water partition coefficient (Wildman–Crippen LogP) is 7.76. The highest BCUT2D eigenvalue weighted by Gasteiger charge is 2.66. The van der Waals surface area contributed by atoms with E-state index in [1.807, 2.05) is 55.4 Å². The van der Waals surface area contributed by atoms with Gasteiger partial charge in [0.25, 0.3) is 0 Å². The number of carbonyl (C=O) groups is 2. The average molecular weight is 615 g/mol. The number of alkyl carbamates (subject to hydrolysis) is 1. The number of nitro groups is 1. The van der Waals surface area contributed by atoms with Crippen molar-refractivity contribution < 1.29 is 37.6 Å². The molecular weight excluding hydrogens is 563 g/mol. The van der Waals surface area contributed by atoms with Crippen LogP contribution in [0.1, 0.15) is 102 Å². The van der Waals surface area contributed by atoms with Gasteiger partial charge in [0.15, 0.2) is 0 Å². The lowest BCUT2D eigenvalue weighted by molar-refractivity contribution is -0.546. The summed E-state index contributed by atoms with van der Waals surface area (Å²) in [6.07, 6.45) is -2.28. The number of benzene rings is 1. The first-order chi connectivity index (χ1) is 19.1. The van der Waals surface area contributed by atoms with Gasteiger partial charge in [-0.25, -0.2) is 4.79 Å². The average Bonchev–Trinajstić information content (AvgIpc) is 2.82. The van der Waals surface area contributed by atoms with Crippen molar-refractivity contribution in [2.24, 2.45) is 23.7 Å². The summed E-state index contributed by atoms with van der Waals surface area (Å²) in [4.78, 5) is 37.1. The monoisotopic (exact) mass is 614 g/mol. The van der Waals surface area contributed by atoms with E-state index in [1.165, 1.54) is 38.1 Å². The molecule has 0 aliphatic carbocycles. The fourth-order valence-electron chi connectivity index (χ4n) is 4.80. The fraction of sp³-hybridized carbons (Fsp3) is 0.733. The van der Waals surface area contributed by atoms with Gasteiger partial charge in [-0.1, -0.05) is 67.5 Å². The van der Waals surface area contributed by atoms with Crippen molar-refractivity contribution in [2.45, 2.75) is 119 Å². The zero-order valence-electron chi connectivity index (χ0n) is 27.4. The molecule has 0 aromatic heterocycles. The van der Waals surface area contributed by atoms with Crippen LogP contribution in [0.5, 0.6) is 5.75 Å². The number of nitrogens with zero attached hydrogens (tertiary/aromatic N) is 1. The van der Waals surface area contributed by atoms with E-state index in [9.17, 15) is 19.7 Å². The van der Waals surface area contributed by atoms with E-state index in [1.54, 1.807) is 20.8 Å². The van der Waals surface area contributed by atoms with Crippen molar-refractivity contribution >= 4 is 19.7 Å². The molecule has 0 heterocycles. The molecule has 0 aliphatic rings. The summed E-state index contributed by atoms with van der Waals surface area (Å²) in [6, 6.07) is 4.24. The van der Waals surface area contributed by atoms with Crippen LogP contribution >= 0.6 is 7.60 Å². The molecule has 2 atom stereocenters. The largest absolute Gasteiger partial charge is 0.444 e. The molecule has 11 nitrogen and oxygen atoms in total. The number of ether oxygens (including phenoxy) is 2. The first kappa shape index (κ1) is 37.5. The van der Waals surface area contributed by atoms with Crippen LogP contribution in [0.2, 0.25) is 0 Å². The van der Waals surface area contributed by atoms with Crippen molar-refractivity contribution in [2.75, 3.05) is 0 Å². The van der Waals surface area contributed by atoms with Gasteiger partial charge in [-0.2, -0.15) is 0 Å². The number of amides is 1. The van der Waals surface area contributed by atoms with Crippen LogP contribution in [-0.4, -0.2) is 40.1 Å². The van der Waals surface area contributed by atoms with Crippen molar-refractivity contribution in [3.05, 3.63) is 39.9 Å². The number of esters is 1. The maximum atomic E-state index is 15.3. The van der Waals surface area contributed by atoms with Crippen LogP contribution in [0.4, 0.5) is 4.79 Å². The van der Waals surface area contributed by atoms with Gasteiger partial charge in [-0.3, -0.25) is 28.5 Å². The van der Waals surface area contributed by atoms with E-state index in [0.29, 0.717) is 0 Å². The molecule has 42 heavy (non-hydrogen) atoms. The molecule has 0 saturated heterocycles. The fourth-order valence-corrected chi connectivity index (χ4v) is 7.63. The van der Waals surface area contributed by atoms with Crippen molar-refractivity contribution in [1.29, 1.82) is 0 Å².